The number of alkyl carbamates (subject to hydrolysis) is 1. The molecule has 1 unspecified atom stereocenters. The highest BCUT2D eigenvalue weighted by atomic mass is 19.1. The summed E-state index contributed by atoms with van der Waals surface area (Å²) in [5.41, 5.74) is -0.638. The maximum Gasteiger partial charge on any atom is 0.407 e. The fourth-order valence-electron chi connectivity index (χ4n) is 0.939. The van der Waals surface area contributed by atoms with Crippen molar-refractivity contribution in [2.75, 3.05) is 13.3 Å². The fraction of sp³-hybridized carbons (Fsp3) is 0.778. The summed E-state index contributed by atoms with van der Waals surface area (Å²) in [6.45, 7) is 3.84. The Labute approximate surface area is 87.6 Å². The number of rotatable bonds is 4. The number of hydrogen-bond acceptors (Lipinski definition) is 3. The first-order valence-electron chi connectivity index (χ1n) is 4.51. The number of carbonyl (C=O) groups excluding carboxylic acids is 1. The van der Waals surface area contributed by atoms with Gasteiger partial charge in [-0.25, -0.2) is 14.0 Å². The van der Waals surface area contributed by atoms with Crippen LogP contribution in [0.1, 0.15) is 20.8 Å². The van der Waals surface area contributed by atoms with Gasteiger partial charge >= 0.3 is 12.1 Å². The number of carboxylic acids is 1. The van der Waals surface area contributed by atoms with Crippen molar-refractivity contribution in [3.05, 3.63) is 0 Å². The third-order valence-corrected chi connectivity index (χ3v) is 1.69. The molecule has 0 aliphatic heterocycles. The number of aliphatic carboxylic acids is 1. The number of hydrogen-bond donors (Lipinski definition) is 2. The van der Waals surface area contributed by atoms with E-state index in [1.54, 1.807) is 20.8 Å². The second-order valence-electron chi connectivity index (χ2n) is 4.11. The second-order valence-corrected chi connectivity index (χ2v) is 4.11. The Balaban J connectivity index is 4.31. The maximum absolute atomic E-state index is 11.7. The number of carbonyl (C=O) groups is 2. The van der Waals surface area contributed by atoms with Crippen molar-refractivity contribution < 1.29 is 23.8 Å². The van der Waals surface area contributed by atoms with Crippen molar-refractivity contribution in [3.8, 4) is 0 Å². The van der Waals surface area contributed by atoms with Crippen LogP contribution in [0.3, 0.4) is 0 Å². The fourth-order valence-corrected chi connectivity index (χ4v) is 0.939. The first kappa shape index (κ1) is 13.7. The zero-order valence-corrected chi connectivity index (χ0v) is 9.04. The number of halogens is 1. The van der Waals surface area contributed by atoms with E-state index in [-0.39, 0.29) is 6.61 Å². The lowest BCUT2D eigenvalue weighted by Gasteiger charge is -2.27. The van der Waals surface area contributed by atoms with Crippen LogP contribution in [0.5, 0.6) is 0 Å². The molecule has 6 heteroatoms. The normalized spacial score (nSPS) is 13.1. The van der Waals surface area contributed by atoms with Gasteiger partial charge in [-0.05, 0) is 5.41 Å². The summed E-state index contributed by atoms with van der Waals surface area (Å²) in [6.07, 6.45) is -0.921. The first-order chi connectivity index (χ1) is 6.79. The van der Waals surface area contributed by atoms with Crippen LogP contribution in [0.2, 0.25) is 0 Å². The Morgan fingerprint density at radius 2 is 2.00 bits per heavy atom. The molecule has 0 aromatic carbocycles. The average Bonchev–Trinajstić information content (AvgIpc) is 2.08. The zero-order valence-electron chi connectivity index (χ0n) is 9.04. The predicted molar refractivity (Wildman–Crippen MR) is 51.3 cm³/mol. The molecule has 2 N–H and O–H groups in total. The summed E-state index contributed by atoms with van der Waals surface area (Å²) in [7, 11) is 0. The molecule has 0 rings (SSSR count). The summed E-state index contributed by atoms with van der Waals surface area (Å²) in [4.78, 5) is 21.8. The largest absolute Gasteiger partial charge is 0.480 e. The van der Waals surface area contributed by atoms with E-state index in [2.05, 4.69) is 10.1 Å². The lowest BCUT2D eigenvalue weighted by Crippen LogP contribution is -2.49. The van der Waals surface area contributed by atoms with Gasteiger partial charge in [-0.3, -0.25) is 0 Å². The summed E-state index contributed by atoms with van der Waals surface area (Å²) in [5, 5.41) is 11.0. The van der Waals surface area contributed by atoms with Gasteiger partial charge in [-0.2, -0.15) is 0 Å². The highest BCUT2D eigenvalue weighted by Gasteiger charge is 2.32. The van der Waals surface area contributed by atoms with Gasteiger partial charge in [-0.15, -0.1) is 0 Å². The summed E-state index contributed by atoms with van der Waals surface area (Å²) in [6, 6.07) is -1.07. The molecule has 0 aromatic rings. The van der Waals surface area contributed by atoms with E-state index >= 15 is 0 Å². The predicted octanol–water partition coefficient (Wildman–Crippen LogP) is 1.18. The van der Waals surface area contributed by atoms with Crippen molar-refractivity contribution in [1.82, 2.24) is 5.32 Å². The van der Waals surface area contributed by atoms with Crippen molar-refractivity contribution in [2.24, 2.45) is 5.41 Å². The van der Waals surface area contributed by atoms with Crippen LogP contribution >= 0.6 is 0 Å². The molecule has 1 atom stereocenters. The van der Waals surface area contributed by atoms with Crippen LogP contribution in [0.15, 0.2) is 0 Å². The van der Waals surface area contributed by atoms with Crippen molar-refractivity contribution in [1.29, 1.82) is 0 Å². The van der Waals surface area contributed by atoms with E-state index in [9.17, 15) is 14.0 Å². The molecule has 0 aliphatic carbocycles. The van der Waals surface area contributed by atoms with E-state index in [1.807, 2.05) is 0 Å². The van der Waals surface area contributed by atoms with Crippen LogP contribution in [0.25, 0.3) is 0 Å². The van der Waals surface area contributed by atoms with Crippen molar-refractivity contribution in [2.45, 2.75) is 26.8 Å². The minimum Gasteiger partial charge on any atom is -0.480 e. The van der Waals surface area contributed by atoms with Crippen LogP contribution < -0.4 is 5.32 Å². The monoisotopic (exact) mass is 221 g/mol. The molecule has 5 nitrogen and oxygen atoms in total. The molecular weight excluding hydrogens is 205 g/mol. The lowest BCUT2D eigenvalue weighted by atomic mass is 9.87. The van der Waals surface area contributed by atoms with E-state index in [4.69, 9.17) is 5.11 Å². The van der Waals surface area contributed by atoms with E-state index in [1.165, 1.54) is 0 Å². The van der Waals surface area contributed by atoms with Gasteiger partial charge in [0.1, 0.15) is 19.3 Å². The molecule has 0 fully saturated rings. The Bertz CT molecular complexity index is 237. The average molecular weight is 221 g/mol. The molecule has 0 radical (unpaired) electrons. The molecule has 0 bridgehead atoms. The van der Waals surface area contributed by atoms with Gasteiger partial charge in [0.05, 0.1) is 0 Å². The molecule has 0 saturated heterocycles. The molecule has 15 heavy (non-hydrogen) atoms. The molecule has 0 spiro atoms. The third kappa shape index (κ3) is 5.19. The lowest BCUT2D eigenvalue weighted by molar-refractivity contribution is -0.142. The van der Waals surface area contributed by atoms with E-state index in [0.29, 0.717) is 0 Å². The Kier molecular flexibility index (Phi) is 5.04. The van der Waals surface area contributed by atoms with Crippen molar-refractivity contribution in [3.63, 3.8) is 0 Å². The summed E-state index contributed by atoms with van der Waals surface area (Å²) < 4.78 is 16.0. The quantitative estimate of drug-likeness (QED) is 0.747. The topological polar surface area (TPSA) is 75.6 Å². The van der Waals surface area contributed by atoms with Crippen LogP contribution in [-0.4, -0.2) is 36.5 Å². The van der Waals surface area contributed by atoms with Crippen LogP contribution in [0, 0.1) is 5.41 Å². The standard InChI is InChI=1S/C9H16FNO4/c1-9(2,3)6(7(12)13)11-8(14)15-5-4-10/h6H,4-5H2,1-3H3,(H,11,14)(H,12,13). The van der Waals surface area contributed by atoms with Gasteiger partial charge < -0.3 is 15.2 Å². The molecule has 88 valence electrons. The van der Waals surface area contributed by atoms with Crippen LogP contribution in [-0.2, 0) is 9.53 Å². The summed E-state index contributed by atoms with van der Waals surface area (Å²) in [5.74, 6) is -1.15. The van der Waals surface area contributed by atoms with Crippen LogP contribution in [0.4, 0.5) is 9.18 Å². The molecule has 0 aromatic heterocycles. The second kappa shape index (κ2) is 5.53. The van der Waals surface area contributed by atoms with Gasteiger partial charge in [0.15, 0.2) is 0 Å². The maximum atomic E-state index is 11.7. The molecule has 0 aliphatic rings. The zero-order chi connectivity index (χ0) is 12.1. The van der Waals surface area contributed by atoms with Crippen molar-refractivity contribution >= 4 is 12.1 Å². The van der Waals surface area contributed by atoms with Gasteiger partial charge in [0.25, 0.3) is 0 Å². The summed E-state index contributed by atoms with van der Waals surface area (Å²) >= 11 is 0. The number of nitrogens with one attached hydrogen (secondary N) is 1. The highest BCUT2D eigenvalue weighted by Crippen LogP contribution is 2.19. The molecule has 1 amide bonds. The van der Waals surface area contributed by atoms with E-state index < -0.39 is 30.2 Å². The molecular formula is C9H16FNO4. The first-order valence-corrected chi connectivity index (χ1v) is 4.51. The molecule has 0 saturated carbocycles. The highest BCUT2D eigenvalue weighted by molar-refractivity contribution is 5.80. The van der Waals surface area contributed by atoms with Gasteiger partial charge in [0, 0.05) is 0 Å². The van der Waals surface area contributed by atoms with E-state index in [0.717, 1.165) is 0 Å². The molecule has 0 heterocycles. The number of alkyl halides is 1. The smallest absolute Gasteiger partial charge is 0.407 e. The number of ether oxygens (including phenoxy) is 1. The Hall–Kier alpha value is -1.33. The minimum absolute atomic E-state index is 0.373. The third-order valence-electron chi connectivity index (χ3n) is 1.69. The van der Waals surface area contributed by atoms with Gasteiger partial charge in [0.2, 0.25) is 0 Å². The Morgan fingerprint density at radius 1 is 1.47 bits per heavy atom. The van der Waals surface area contributed by atoms with Gasteiger partial charge in [-0.1, -0.05) is 20.8 Å². The SMILES string of the molecule is CC(C)(C)C(NC(=O)OCCF)C(=O)O. The Morgan fingerprint density at radius 3 is 2.33 bits per heavy atom. The minimum atomic E-state index is -1.15. The number of carboxylic acid groups (broad SMARTS) is 1. The number of amides is 1.